The molecule has 21 heavy (non-hydrogen) atoms. The van der Waals surface area contributed by atoms with Gasteiger partial charge in [-0.05, 0) is 36.1 Å². The molecule has 1 aliphatic rings. The smallest absolute Gasteiger partial charge is 0.313 e. The number of carboxylic acid groups (broad SMARTS) is 1. The molecule has 1 unspecified atom stereocenters. The van der Waals surface area contributed by atoms with Crippen LogP contribution in [0.5, 0.6) is 5.75 Å². The molecule has 0 aliphatic carbocycles. The maximum absolute atomic E-state index is 11.9. The summed E-state index contributed by atoms with van der Waals surface area (Å²) in [5.41, 5.74) is 1.03. The Morgan fingerprint density at radius 3 is 2.67 bits per heavy atom. The molecule has 0 saturated carbocycles. The molecule has 1 N–H and O–H groups in total. The van der Waals surface area contributed by atoms with Crippen molar-refractivity contribution in [2.45, 2.75) is 12.8 Å². The lowest BCUT2D eigenvalue weighted by atomic mass is 9.75. The molecule has 1 heterocycles. The first-order chi connectivity index (χ1) is 10.1. The summed E-state index contributed by atoms with van der Waals surface area (Å²) in [7, 11) is 0. The van der Waals surface area contributed by atoms with Gasteiger partial charge in [0.1, 0.15) is 17.8 Å². The van der Waals surface area contributed by atoms with E-state index in [4.69, 9.17) is 4.74 Å². The van der Waals surface area contributed by atoms with Crippen molar-refractivity contribution in [2.75, 3.05) is 6.61 Å². The van der Waals surface area contributed by atoms with E-state index in [-0.39, 0.29) is 6.61 Å². The molecule has 3 rings (SSSR count). The lowest BCUT2D eigenvalue weighted by Gasteiger charge is -2.34. The average molecular weight is 347 g/mol. The fourth-order valence-corrected chi connectivity index (χ4v) is 3.18. The number of fused-ring (bicyclic) bond motifs is 1. The summed E-state index contributed by atoms with van der Waals surface area (Å²) >= 11 is 3.49. The van der Waals surface area contributed by atoms with E-state index in [0.29, 0.717) is 12.8 Å². The Morgan fingerprint density at radius 2 is 1.90 bits per heavy atom. The summed E-state index contributed by atoms with van der Waals surface area (Å²) in [6.45, 7) is 0.195. The summed E-state index contributed by atoms with van der Waals surface area (Å²) in [6, 6.07) is 15.4. The molecule has 2 aromatic rings. The van der Waals surface area contributed by atoms with E-state index < -0.39 is 11.4 Å². The zero-order chi connectivity index (χ0) is 14.9. The first-order valence-corrected chi connectivity index (χ1v) is 7.57. The largest absolute Gasteiger partial charge is 0.492 e. The van der Waals surface area contributed by atoms with Crippen LogP contribution in [0.25, 0.3) is 0 Å². The Labute approximate surface area is 131 Å². The van der Waals surface area contributed by atoms with Crippen LogP contribution in [0.3, 0.4) is 0 Å². The lowest BCUT2D eigenvalue weighted by Crippen LogP contribution is -2.43. The van der Waals surface area contributed by atoms with E-state index in [2.05, 4.69) is 15.9 Å². The molecule has 1 atom stereocenters. The molecule has 3 nitrogen and oxygen atoms in total. The molecular weight excluding hydrogens is 332 g/mol. The minimum absolute atomic E-state index is 0.195. The second-order valence-corrected chi connectivity index (χ2v) is 6.28. The Balaban J connectivity index is 1.96. The Kier molecular flexibility index (Phi) is 3.72. The Hall–Kier alpha value is -1.81. The third-order valence-corrected chi connectivity index (χ3v) is 4.72. The van der Waals surface area contributed by atoms with Crippen molar-refractivity contribution in [3.8, 4) is 5.75 Å². The van der Waals surface area contributed by atoms with Crippen LogP contribution < -0.4 is 4.74 Å². The number of carbonyl (C=O) groups is 1. The van der Waals surface area contributed by atoms with Crippen molar-refractivity contribution in [2.24, 2.45) is 5.41 Å². The van der Waals surface area contributed by atoms with E-state index in [1.54, 1.807) is 0 Å². The summed E-state index contributed by atoms with van der Waals surface area (Å²) in [5, 5.41) is 9.77. The number of ether oxygens (including phenoxy) is 1. The summed E-state index contributed by atoms with van der Waals surface area (Å²) in [5.74, 6) is -0.0192. The molecule has 0 spiro atoms. The highest BCUT2D eigenvalue weighted by Gasteiger charge is 2.43. The predicted molar refractivity (Wildman–Crippen MR) is 83.6 cm³/mol. The number of aliphatic carboxylic acids is 1. The van der Waals surface area contributed by atoms with Crippen molar-refractivity contribution < 1.29 is 14.6 Å². The number of hydrogen-bond acceptors (Lipinski definition) is 2. The molecule has 1 aliphatic heterocycles. The molecule has 0 aromatic heterocycles. The Morgan fingerprint density at radius 1 is 1.19 bits per heavy atom. The van der Waals surface area contributed by atoms with Gasteiger partial charge in [0.25, 0.3) is 0 Å². The Bertz CT molecular complexity index is 683. The highest BCUT2D eigenvalue weighted by Crippen LogP contribution is 2.38. The first-order valence-electron chi connectivity index (χ1n) is 6.78. The van der Waals surface area contributed by atoms with Crippen LogP contribution in [0.1, 0.15) is 11.1 Å². The van der Waals surface area contributed by atoms with Gasteiger partial charge in [0.2, 0.25) is 0 Å². The normalized spacial score (nSPS) is 20.4. The molecular formula is C17H15BrO3. The SMILES string of the molecule is O=C(O)C1(Cc2ccccc2Br)COc2ccccc2C1. The monoisotopic (exact) mass is 346 g/mol. The number of benzene rings is 2. The molecule has 108 valence electrons. The van der Waals surface area contributed by atoms with Gasteiger partial charge in [0, 0.05) is 4.47 Å². The van der Waals surface area contributed by atoms with E-state index in [1.165, 1.54) is 0 Å². The first kappa shape index (κ1) is 14.1. The van der Waals surface area contributed by atoms with Crippen LogP contribution in [0.2, 0.25) is 0 Å². The number of carboxylic acids is 1. The van der Waals surface area contributed by atoms with E-state index in [9.17, 15) is 9.90 Å². The van der Waals surface area contributed by atoms with E-state index in [1.807, 2.05) is 48.5 Å². The number of para-hydroxylation sites is 1. The maximum atomic E-state index is 11.9. The standard InChI is InChI=1S/C17H15BrO3/c18-14-7-3-1-5-12(14)9-17(16(19)20)10-13-6-2-4-8-15(13)21-11-17/h1-8H,9-11H2,(H,19,20). The van der Waals surface area contributed by atoms with Crippen LogP contribution >= 0.6 is 15.9 Å². The molecule has 2 aromatic carbocycles. The van der Waals surface area contributed by atoms with Crippen molar-refractivity contribution in [1.29, 1.82) is 0 Å². The topological polar surface area (TPSA) is 46.5 Å². The van der Waals surface area contributed by atoms with Crippen LogP contribution in [0, 0.1) is 5.41 Å². The quantitative estimate of drug-likeness (QED) is 0.921. The van der Waals surface area contributed by atoms with E-state index >= 15 is 0 Å². The van der Waals surface area contributed by atoms with Gasteiger partial charge >= 0.3 is 5.97 Å². The van der Waals surface area contributed by atoms with Gasteiger partial charge in [-0.2, -0.15) is 0 Å². The predicted octanol–water partition coefficient (Wildman–Crippen LogP) is 3.70. The van der Waals surface area contributed by atoms with E-state index in [0.717, 1.165) is 21.3 Å². The minimum Gasteiger partial charge on any atom is -0.492 e. The second kappa shape index (κ2) is 5.53. The van der Waals surface area contributed by atoms with Gasteiger partial charge in [-0.1, -0.05) is 52.3 Å². The van der Waals surface area contributed by atoms with Crippen LogP contribution in [-0.4, -0.2) is 17.7 Å². The summed E-state index contributed by atoms with van der Waals surface area (Å²) < 4.78 is 6.65. The van der Waals surface area contributed by atoms with Crippen molar-refractivity contribution in [3.05, 3.63) is 64.1 Å². The molecule has 4 heteroatoms. The van der Waals surface area contributed by atoms with Gasteiger partial charge in [0.05, 0.1) is 0 Å². The molecule has 0 fully saturated rings. The van der Waals surface area contributed by atoms with Gasteiger partial charge in [-0.15, -0.1) is 0 Å². The van der Waals surface area contributed by atoms with Crippen LogP contribution in [0.4, 0.5) is 0 Å². The van der Waals surface area contributed by atoms with Crippen LogP contribution in [0.15, 0.2) is 53.0 Å². The van der Waals surface area contributed by atoms with Gasteiger partial charge in [-0.25, -0.2) is 0 Å². The molecule has 0 amide bonds. The van der Waals surface area contributed by atoms with Crippen molar-refractivity contribution >= 4 is 21.9 Å². The fourth-order valence-electron chi connectivity index (χ4n) is 2.75. The summed E-state index contributed by atoms with van der Waals surface area (Å²) in [6.07, 6.45) is 0.929. The van der Waals surface area contributed by atoms with Gasteiger partial charge in [-0.3, -0.25) is 4.79 Å². The molecule has 0 saturated heterocycles. The maximum Gasteiger partial charge on any atom is 0.313 e. The number of hydrogen-bond donors (Lipinski definition) is 1. The fraction of sp³-hybridized carbons (Fsp3) is 0.235. The van der Waals surface area contributed by atoms with Gasteiger partial charge < -0.3 is 9.84 Å². The lowest BCUT2D eigenvalue weighted by molar-refractivity contribution is -0.151. The third kappa shape index (κ3) is 2.68. The third-order valence-electron chi connectivity index (χ3n) is 3.95. The van der Waals surface area contributed by atoms with Gasteiger partial charge in [0.15, 0.2) is 0 Å². The molecule has 0 radical (unpaired) electrons. The average Bonchev–Trinajstić information content (AvgIpc) is 2.49. The highest BCUT2D eigenvalue weighted by atomic mass is 79.9. The zero-order valence-corrected chi connectivity index (χ0v) is 13.0. The van der Waals surface area contributed by atoms with Crippen LogP contribution in [-0.2, 0) is 17.6 Å². The summed E-state index contributed by atoms with van der Waals surface area (Å²) in [4.78, 5) is 11.9. The second-order valence-electron chi connectivity index (χ2n) is 5.43. The van der Waals surface area contributed by atoms with Crippen molar-refractivity contribution in [3.63, 3.8) is 0 Å². The zero-order valence-electron chi connectivity index (χ0n) is 11.4. The number of rotatable bonds is 3. The number of halogens is 1. The minimum atomic E-state index is -0.918. The highest BCUT2D eigenvalue weighted by molar-refractivity contribution is 9.10. The molecule has 0 bridgehead atoms. The van der Waals surface area contributed by atoms with Crippen molar-refractivity contribution in [1.82, 2.24) is 0 Å².